The predicted molar refractivity (Wildman–Crippen MR) is 159 cm³/mol. The minimum absolute atomic E-state index is 0.118. The first kappa shape index (κ1) is 28.6. The lowest BCUT2D eigenvalue weighted by molar-refractivity contribution is -0.135. The van der Waals surface area contributed by atoms with Gasteiger partial charge in [0.25, 0.3) is 0 Å². The number of ether oxygens (including phenoxy) is 1. The van der Waals surface area contributed by atoms with Crippen LogP contribution in [-0.2, 0) is 26.2 Å². The summed E-state index contributed by atoms with van der Waals surface area (Å²) < 4.78 is 5.55. The third kappa shape index (κ3) is 5.77. The number of hydrogen-bond donors (Lipinski definition) is 3. The lowest BCUT2D eigenvalue weighted by Gasteiger charge is -2.36. The number of amides is 2. The molecule has 2 aliphatic rings. The van der Waals surface area contributed by atoms with Crippen molar-refractivity contribution in [3.63, 3.8) is 0 Å². The van der Waals surface area contributed by atoms with Crippen LogP contribution in [0.2, 0.25) is 5.02 Å². The van der Waals surface area contributed by atoms with Gasteiger partial charge in [0.05, 0.1) is 23.1 Å². The van der Waals surface area contributed by atoms with Gasteiger partial charge in [-0.3, -0.25) is 9.59 Å². The largest absolute Gasteiger partial charge is 0.383 e. The van der Waals surface area contributed by atoms with E-state index in [0.717, 1.165) is 53.1 Å². The van der Waals surface area contributed by atoms with Gasteiger partial charge in [-0.05, 0) is 92.2 Å². The van der Waals surface area contributed by atoms with Gasteiger partial charge in [-0.25, -0.2) is 4.98 Å². The van der Waals surface area contributed by atoms with Crippen LogP contribution in [0.15, 0.2) is 42.5 Å². The molecule has 214 valence electrons. The van der Waals surface area contributed by atoms with Crippen molar-refractivity contribution in [2.75, 3.05) is 20.3 Å². The highest BCUT2D eigenvalue weighted by atomic mass is 35.5. The molecule has 3 N–H and O–H groups in total. The summed E-state index contributed by atoms with van der Waals surface area (Å²) in [5.41, 5.74) is 3.06. The topological polar surface area (TPSA) is 96.1 Å². The fourth-order valence-electron chi connectivity index (χ4n) is 6.06. The van der Waals surface area contributed by atoms with Crippen LogP contribution in [0.4, 0.5) is 0 Å². The van der Waals surface area contributed by atoms with Crippen LogP contribution in [0, 0.1) is 11.3 Å². The van der Waals surface area contributed by atoms with E-state index in [4.69, 9.17) is 21.3 Å². The highest BCUT2D eigenvalue weighted by Crippen LogP contribution is 2.56. The molecule has 2 aliphatic carbocycles. The van der Waals surface area contributed by atoms with E-state index in [1.54, 1.807) is 7.11 Å². The fraction of sp³-hybridized carbons (Fsp3) is 0.531. The number of benzene rings is 2. The van der Waals surface area contributed by atoms with Crippen LogP contribution in [0.5, 0.6) is 0 Å². The van der Waals surface area contributed by atoms with Gasteiger partial charge in [-0.1, -0.05) is 43.1 Å². The normalized spacial score (nSPS) is 19.3. The van der Waals surface area contributed by atoms with Gasteiger partial charge in [0.15, 0.2) is 0 Å². The van der Waals surface area contributed by atoms with Gasteiger partial charge >= 0.3 is 0 Å². The first-order valence-electron chi connectivity index (χ1n) is 14.5. The van der Waals surface area contributed by atoms with E-state index in [2.05, 4.69) is 34.7 Å². The summed E-state index contributed by atoms with van der Waals surface area (Å²) in [5.74, 6) is 1.07. The number of nitrogens with one attached hydrogen (secondary N) is 3. The third-order valence-electron chi connectivity index (χ3n) is 9.17. The van der Waals surface area contributed by atoms with Crippen molar-refractivity contribution in [1.29, 1.82) is 0 Å². The molecular formula is C32H41ClN4O3. The molecule has 0 radical (unpaired) electrons. The summed E-state index contributed by atoms with van der Waals surface area (Å²) in [6.45, 7) is 6.83. The Morgan fingerprint density at radius 2 is 2.00 bits per heavy atom. The molecule has 0 bridgehead atoms. The minimum atomic E-state index is -0.979. The van der Waals surface area contributed by atoms with Gasteiger partial charge in [0, 0.05) is 25.1 Å². The van der Waals surface area contributed by atoms with Crippen LogP contribution < -0.4 is 10.6 Å². The zero-order valence-electron chi connectivity index (χ0n) is 24.0. The number of carbonyl (C=O) groups excluding carboxylic acids is 2. The number of methoxy groups -OCH3 is 1. The molecule has 3 aromatic rings. The van der Waals surface area contributed by atoms with Gasteiger partial charge < -0.3 is 20.4 Å². The van der Waals surface area contributed by atoms with Crippen molar-refractivity contribution in [2.24, 2.45) is 11.3 Å². The molecule has 2 fully saturated rings. The van der Waals surface area contributed by atoms with E-state index in [9.17, 15) is 9.59 Å². The van der Waals surface area contributed by atoms with Gasteiger partial charge in [-0.15, -0.1) is 0 Å². The van der Waals surface area contributed by atoms with Crippen molar-refractivity contribution in [3.05, 3.63) is 64.4 Å². The van der Waals surface area contributed by atoms with E-state index in [1.807, 2.05) is 44.2 Å². The first-order valence-corrected chi connectivity index (χ1v) is 14.9. The second-order valence-corrected chi connectivity index (χ2v) is 12.6. The molecule has 5 rings (SSSR count). The van der Waals surface area contributed by atoms with Crippen molar-refractivity contribution in [2.45, 2.75) is 76.7 Å². The van der Waals surface area contributed by atoms with E-state index >= 15 is 0 Å². The van der Waals surface area contributed by atoms with Crippen molar-refractivity contribution < 1.29 is 14.3 Å². The van der Waals surface area contributed by atoms with Crippen LogP contribution >= 0.6 is 11.6 Å². The number of nitrogens with zero attached hydrogens (tertiary/aromatic N) is 1. The molecule has 3 atom stereocenters. The highest BCUT2D eigenvalue weighted by molar-refractivity contribution is 6.30. The Hall–Kier alpha value is -2.90. The molecule has 0 saturated heterocycles. The number of H-pyrrole nitrogens is 1. The molecule has 2 aromatic carbocycles. The maximum absolute atomic E-state index is 13.8. The average molecular weight is 565 g/mol. The molecule has 0 aliphatic heterocycles. The quantitative estimate of drug-likeness (QED) is 0.264. The molecular weight excluding hydrogens is 524 g/mol. The van der Waals surface area contributed by atoms with Crippen LogP contribution in [0.25, 0.3) is 11.0 Å². The fourth-order valence-corrected chi connectivity index (χ4v) is 6.25. The summed E-state index contributed by atoms with van der Waals surface area (Å²) in [5, 5.41) is 6.73. The molecule has 2 saturated carbocycles. The second kappa shape index (κ2) is 11.5. The summed E-state index contributed by atoms with van der Waals surface area (Å²) in [6, 6.07) is 13.5. The number of halogens is 1. The summed E-state index contributed by atoms with van der Waals surface area (Å²) in [7, 11) is 1.60. The average Bonchev–Trinajstić information content (AvgIpc) is 3.50. The molecule has 1 unspecified atom stereocenters. The highest BCUT2D eigenvalue weighted by Gasteiger charge is 2.46. The molecule has 0 spiro atoms. The Bertz CT molecular complexity index is 1380. The maximum Gasteiger partial charge on any atom is 0.242 e. The van der Waals surface area contributed by atoms with Crippen LogP contribution in [0.1, 0.15) is 75.7 Å². The molecule has 40 heavy (non-hydrogen) atoms. The number of likely N-dealkylation sites (N-methyl/N-ethyl adjacent to an activating group) is 1. The Kier molecular flexibility index (Phi) is 8.25. The van der Waals surface area contributed by atoms with E-state index in [1.165, 1.54) is 18.4 Å². The number of carbonyl (C=O) groups is 2. The molecule has 7 nitrogen and oxygen atoms in total. The number of hydrogen-bond acceptors (Lipinski definition) is 4. The van der Waals surface area contributed by atoms with E-state index in [0.29, 0.717) is 12.5 Å². The lowest BCUT2D eigenvalue weighted by atomic mass is 9.77. The van der Waals surface area contributed by atoms with Gasteiger partial charge in [-0.2, -0.15) is 0 Å². The Balaban J connectivity index is 1.41. The zero-order valence-corrected chi connectivity index (χ0v) is 24.7. The lowest BCUT2D eigenvalue weighted by Crippen LogP contribution is -2.57. The number of fused-ring (bicyclic) bond motifs is 1. The van der Waals surface area contributed by atoms with E-state index in [-0.39, 0.29) is 29.8 Å². The molecule has 2 amide bonds. The predicted octanol–water partition coefficient (Wildman–Crippen LogP) is 5.67. The summed E-state index contributed by atoms with van der Waals surface area (Å²) in [6.07, 6.45) is 6.14. The van der Waals surface area contributed by atoms with Gasteiger partial charge in [0.2, 0.25) is 11.8 Å². The molecule has 1 heterocycles. The third-order valence-corrected chi connectivity index (χ3v) is 9.41. The number of rotatable bonds is 12. The maximum atomic E-state index is 13.8. The zero-order chi connectivity index (χ0) is 28.5. The number of imidazole rings is 1. The first-order chi connectivity index (χ1) is 19.2. The Labute approximate surface area is 241 Å². The van der Waals surface area contributed by atoms with Crippen LogP contribution in [0.3, 0.4) is 0 Å². The number of aromatic nitrogens is 2. The van der Waals surface area contributed by atoms with Crippen molar-refractivity contribution in [3.8, 4) is 0 Å². The van der Waals surface area contributed by atoms with Crippen molar-refractivity contribution in [1.82, 2.24) is 20.6 Å². The smallest absolute Gasteiger partial charge is 0.242 e. The number of aromatic amines is 1. The monoisotopic (exact) mass is 564 g/mol. The Morgan fingerprint density at radius 1 is 1.23 bits per heavy atom. The summed E-state index contributed by atoms with van der Waals surface area (Å²) in [4.78, 5) is 35.1. The standard InChI is InChI=1S/C32H41ClN4O3/c1-5-34-29(38)28(20-8-6-9-20)37-30(39)32(3,19-40-4)22-12-13-25-26(17-22)36-27(35-25)18-24(31(2)14-15-31)21-10-7-11-23(33)16-21/h7,10-13,16-17,20,24,28H,5-6,8-9,14-15,18-19H2,1-4H3,(H,34,38)(H,35,36)(H,37,39)/t24-,28-,32?/m1/s1. The van der Waals surface area contributed by atoms with E-state index < -0.39 is 11.5 Å². The van der Waals surface area contributed by atoms with Crippen LogP contribution in [-0.4, -0.2) is 48.1 Å². The Morgan fingerprint density at radius 3 is 2.62 bits per heavy atom. The SMILES string of the molecule is CCNC(=O)[C@H](NC(=O)C(C)(COC)c1ccc2nc(C[C@H](c3cccc(Cl)c3)C3(C)CC3)[nH]c2c1)C1CCC1. The second-order valence-electron chi connectivity index (χ2n) is 12.2. The summed E-state index contributed by atoms with van der Waals surface area (Å²) >= 11 is 6.34. The van der Waals surface area contributed by atoms with Gasteiger partial charge in [0.1, 0.15) is 11.9 Å². The van der Waals surface area contributed by atoms with Crippen molar-refractivity contribution >= 4 is 34.4 Å². The molecule has 1 aromatic heterocycles. The minimum Gasteiger partial charge on any atom is -0.383 e. The molecule has 8 heteroatoms.